The van der Waals surface area contributed by atoms with Crippen LogP contribution >= 0.6 is 0 Å². The van der Waals surface area contributed by atoms with Crippen LogP contribution in [0.5, 0.6) is 0 Å². The van der Waals surface area contributed by atoms with Crippen LogP contribution in [0.3, 0.4) is 0 Å². The predicted octanol–water partition coefficient (Wildman–Crippen LogP) is 3.78. The monoisotopic (exact) mass is 404 g/mol. The van der Waals surface area contributed by atoms with E-state index >= 15 is 0 Å². The Bertz CT molecular complexity index is 961. The summed E-state index contributed by atoms with van der Waals surface area (Å²) in [4.78, 5) is 25.1. The van der Waals surface area contributed by atoms with Crippen molar-refractivity contribution < 1.29 is 4.79 Å². The van der Waals surface area contributed by atoms with E-state index in [1.165, 1.54) is 5.56 Å². The van der Waals surface area contributed by atoms with Gasteiger partial charge in [0.2, 0.25) is 5.91 Å². The molecule has 3 aromatic rings. The van der Waals surface area contributed by atoms with Crippen molar-refractivity contribution >= 4 is 23.4 Å². The number of hydrogen-bond acceptors (Lipinski definition) is 6. The Labute approximate surface area is 177 Å². The van der Waals surface area contributed by atoms with Crippen molar-refractivity contribution in [3.8, 4) is 0 Å². The van der Waals surface area contributed by atoms with E-state index in [2.05, 4.69) is 43.0 Å². The fourth-order valence-corrected chi connectivity index (χ4v) is 3.04. The first-order chi connectivity index (χ1) is 14.6. The van der Waals surface area contributed by atoms with E-state index < -0.39 is 0 Å². The van der Waals surface area contributed by atoms with Gasteiger partial charge in [0.15, 0.2) is 0 Å². The van der Waals surface area contributed by atoms with Gasteiger partial charge in [0.05, 0.1) is 0 Å². The molecule has 1 aromatic carbocycles. The summed E-state index contributed by atoms with van der Waals surface area (Å²) in [5, 5.41) is 9.38. The zero-order chi connectivity index (χ0) is 21.2. The van der Waals surface area contributed by atoms with Gasteiger partial charge >= 0.3 is 0 Å². The van der Waals surface area contributed by atoms with E-state index in [9.17, 15) is 4.79 Å². The van der Waals surface area contributed by atoms with Crippen LogP contribution in [0.4, 0.5) is 17.5 Å². The number of amides is 1. The lowest BCUT2D eigenvalue weighted by molar-refractivity contribution is -0.121. The smallest absolute Gasteiger partial charge is 0.220 e. The SMILES string of the molecule is Cc1ccnc(Nc2cc(NCCNC(=O)CCCc3ccccc3)nc(C)n2)c1. The molecule has 0 spiro atoms. The first-order valence-corrected chi connectivity index (χ1v) is 10.2. The van der Waals surface area contributed by atoms with Crippen molar-refractivity contribution in [1.82, 2.24) is 20.3 Å². The molecule has 0 atom stereocenters. The predicted molar refractivity (Wildman–Crippen MR) is 120 cm³/mol. The van der Waals surface area contributed by atoms with E-state index in [-0.39, 0.29) is 5.91 Å². The first-order valence-electron chi connectivity index (χ1n) is 10.2. The lowest BCUT2D eigenvalue weighted by Gasteiger charge is -2.11. The third kappa shape index (κ3) is 7.16. The molecule has 0 fully saturated rings. The zero-order valence-corrected chi connectivity index (χ0v) is 17.5. The molecule has 0 aliphatic carbocycles. The maximum Gasteiger partial charge on any atom is 0.220 e. The van der Waals surface area contributed by atoms with Gasteiger partial charge in [0.1, 0.15) is 23.3 Å². The van der Waals surface area contributed by atoms with Crippen molar-refractivity contribution in [1.29, 1.82) is 0 Å². The minimum absolute atomic E-state index is 0.0690. The summed E-state index contributed by atoms with van der Waals surface area (Å²) in [5.74, 6) is 2.84. The molecular weight excluding hydrogens is 376 g/mol. The summed E-state index contributed by atoms with van der Waals surface area (Å²) < 4.78 is 0. The maximum atomic E-state index is 12.0. The second-order valence-corrected chi connectivity index (χ2v) is 7.14. The lowest BCUT2D eigenvalue weighted by Crippen LogP contribution is -2.28. The molecule has 0 unspecified atom stereocenters. The van der Waals surface area contributed by atoms with Crippen LogP contribution in [0, 0.1) is 13.8 Å². The number of anilines is 3. The van der Waals surface area contributed by atoms with Crippen LogP contribution in [0.15, 0.2) is 54.7 Å². The minimum atomic E-state index is 0.0690. The summed E-state index contributed by atoms with van der Waals surface area (Å²) in [6.45, 7) is 4.98. The molecule has 0 bridgehead atoms. The summed E-state index contributed by atoms with van der Waals surface area (Å²) in [6.07, 6.45) is 4.04. The average Bonchev–Trinajstić information content (AvgIpc) is 2.72. The molecule has 7 nitrogen and oxygen atoms in total. The number of pyridine rings is 1. The Morgan fingerprint density at radius 1 is 0.933 bits per heavy atom. The Balaban J connectivity index is 1.40. The Kier molecular flexibility index (Phi) is 7.71. The van der Waals surface area contributed by atoms with E-state index in [1.54, 1.807) is 6.20 Å². The lowest BCUT2D eigenvalue weighted by atomic mass is 10.1. The highest BCUT2D eigenvalue weighted by molar-refractivity contribution is 5.75. The third-order valence-corrected chi connectivity index (χ3v) is 4.47. The van der Waals surface area contributed by atoms with Crippen molar-refractivity contribution in [3.05, 3.63) is 71.7 Å². The first kappa shape index (κ1) is 21.2. The van der Waals surface area contributed by atoms with E-state index in [1.807, 2.05) is 50.2 Å². The molecule has 1 amide bonds. The minimum Gasteiger partial charge on any atom is -0.368 e. The second-order valence-electron chi connectivity index (χ2n) is 7.14. The summed E-state index contributed by atoms with van der Waals surface area (Å²) >= 11 is 0. The molecule has 30 heavy (non-hydrogen) atoms. The Morgan fingerprint density at radius 2 is 1.73 bits per heavy atom. The van der Waals surface area contributed by atoms with Crippen molar-refractivity contribution in [2.45, 2.75) is 33.1 Å². The van der Waals surface area contributed by atoms with Crippen LogP contribution in [-0.2, 0) is 11.2 Å². The van der Waals surface area contributed by atoms with Crippen LogP contribution in [0.25, 0.3) is 0 Å². The maximum absolute atomic E-state index is 12.0. The van der Waals surface area contributed by atoms with Crippen molar-refractivity contribution in [2.75, 3.05) is 23.7 Å². The zero-order valence-electron chi connectivity index (χ0n) is 17.5. The van der Waals surface area contributed by atoms with Gasteiger partial charge in [0, 0.05) is 31.8 Å². The number of carbonyl (C=O) groups excluding carboxylic acids is 1. The number of aromatic nitrogens is 3. The summed E-state index contributed by atoms with van der Waals surface area (Å²) in [7, 11) is 0. The van der Waals surface area contributed by atoms with E-state index in [4.69, 9.17) is 0 Å². The fourth-order valence-electron chi connectivity index (χ4n) is 3.04. The molecule has 0 saturated heterocycles. The molecule has 156 valence electrons. The van der Waals surface area contributed by atoms with Gasteiger partial charge < -0.3 is 16.0 Å². The molecule has 0 saturated carbocycles. The highest BCUT2D eigenvalue weighted by atomic mass is 16.1. The van der Waals surface area contributed by atoms with Gasteiger partial charge in [-0.1, -0.05) is 30.3 Å². The van der Waals surface area contributed by atoms with Gasteiger partial charge in [-0.2, -0.15) is 0 Å². The standard InChI is InChI=1S/C23H28N6O/c1-17-11-12-24-20(15-17)29-22-16-21(27-18(2)28-22)25-13-14-26-23(30)10-6-9-19-7-4-3-5-8-19/h3-5,7-8,11-12,15-16H,6,9-10,13-14H2,1-2H3,(H,26,30)(H2,24,25,27,28,29). The van der Waals surface area contributed by atoms with Crippen LogP contribution in [0.1, 0.15) is 29.8 Å². The highest BCUT2D eigenvalue weighted by Crippen LogP contribution is 2.16. The molecule has 3 rings (SSSR count). The number of nitrogens with one attached hydrogen (secondary N) is 3. The van der Waals surface area contributed by atoms with Gasteiger partial charge in [-0.3, -0.25) is 4.79 Å². The molecule has 0 aliphatic rings. The molecular formula is C23H28N6O. The average molecular weight is 405 g/mol. The topological polar surface area (TPSA) is 91.8 Å². The normalized spacial score (nSPS) is 10.5. The Hall–Kier alpha value is -3.48. The molecule has 0 aliphatic heterocycles. The largest absolute Gasteiger partial charge is 0.368 e. The molecule has 0 radical (unpaired) electrons. The van der Waals surface area contributed by atoms with Crippen LogP contribution < -0.4 is 16.0 Å². The summed E-state index contributed by atoms with van der Waals surface area (Å²) in [6, 6.07) is 16.0. The fraction of sp³-hybridized carbons (Fsp3) is 0.304. The third-order valence-electron chi connectivity index (χ3n) is 4.47. The second kappa shape index (κ2) is 10.9. The van der Waals surface area contributed by atoms with Gasteiger partial charge in [-0.15, -0.1) is 0 Å². The summed E-state index contributed by atoms with van der Waals surface area (Å²) in [5.41, 5.74) is 2.38. The van der Waals surface area contributed by atoms with Gasteiger partial charge in [-0.05, 0) is 49.9 Å². The van der Waals surface area contributed by atoms with Gasteiger partial charge in [0.25, 0.3) is 0 Å². The molecule has 2 heterocycles. The van der Waals surface area contributed by atoms with Crippen LogP contribution in [-0.4, -0.2) is 33.9 Å². The van der Waals surface area contributed by atoms with Crippen molar-refractivity contribution in [3.63, 3.8) is 0 Å². The number of aryl methyl sites for hydroxylation is 3. The van der Waals surface area contributed by atoms with Crippen LogP contribution in [0.2, 0.25) is 0 Å². The number of benzene rings is 1. The number of nitrogens with zero attached hydrogens (tertiary/aromatic N) is 3. The molecule has 3 N–H and O–H groups in total. The molecule has 2 aromatic heterocycles. The molecule has 7 heteroatoms. The van der Waals surface area contributed by atoms with Crippen molar-refractivity contribution in [2.24, 2.45) is 0 Å². The Morgan fingerprint density at radius 3 is 2.53 bits per heavy atom. The number of carbonyl (C=O) groups is 1. The van der Waals surface area contributed by atoms with E-state index in [0.717, 1.165) is 24.2 Å². The highest BCUT2D eigenvalue weighted by Gasteiger charge is 2.05. The van der Waals surface area contributed by atoms with E-state index in [0.29, 0.717) is 37.0 Å². The number of rotatable bonds is 10. The number of hydrogen-bond donors (Lipinski definition) is 3. The quantitative estimate of drug-likeness (QED) is 0.446. The van der Waals surface area contributed by atoms with Gasteiger partial charge in [-0.25, -0.2) is 15.0 Å².